The van der Waals surface area contributed by atoms with Gasteiger partial charge in [0.05, 0.1) is 29.8 Å². The van der Waals surface area contributed by atoms with Crippen molar-refractivity contribution in [2.24, 2.45) is 11.7 Å². The summed E-state index contributed by atoms with van der Waals surface area (Å²) in [4.78, 5) is 4.98. The molecule has 3 rings (SSSR count). The van der Waals surface area contributed by atoms with Crippen LogP contribution < -0.4 is 16.0 Å². The number of nitrogens with zero attached hydrogens (tertiary/aromatic N) is 2. The number of rotatable bonds is 3. The maximum Gasteiger partial charge on any atom is 0.393 e. The lowest BCUT2D eigenvalue weighted by Crippen LogP contribution is -2.51. The first-order valence-electron chi connectivity index (χ1n) is 7.36. The second kappa shape index (κ2) is 6.31. The number of nitrogens with one attached hydrogen (secondary N) is 1. The molecule has 1 fully saturated rings. The van der Waals surface area contributed by atoms with Crippen LogP contribution in [0.25, 0.3) is 0 Å². The SMILES string of the molecule is NC1CC(C(F)(F)F)CN(c2cc(F)ncc2Nc2ccco2)C1. The molecule has 130 valence electrons. The van der Waals surface area contributed by atoms with Crippen molar-refractivity contribution < 1.29 is 22.0 Å². The maximum absolute atomic E-state index is 13.6. The van der Waals surface area contributed by atoms with Crippen LogP contribution in [0.5, 0.6) is 0 Å². The number of furan rings is 1. The Morgan fingerprint density at radius 1 is 1.33 bits per heavy atom. The van der Waals surface area contributed by atoms with E-state index in [0.717, 1.165) is 6.07 Å². The summed E-state index contributed by atoms with van der Waals surface area (Å²) < 4.78 is 58.0. The molecule has 2 aromatic heterocycles. The van der Waals surface area contributed by atoms with E-state index in [4.69, 9.17) is 10.2 Å². The highest BCUT2D eigenvalue weighted by molar-refractivity contribution is 5.73. The van der Waals surface area contributed by atoms with Crippen molar-refractivity contribution in [1.82, 2.24) is 4.98 Å². The summed E-state index contributed by atoms with van der Waals surface area (Å²) in [6.45, 7) is -0.0869. The van der Waals surface area contributed by atoms with Gasteiger partial charge < -0.3 is 20.4 Å². The number of hydrogen-bond acceptors (Lipinski definition) is 5. The van der Waals surface area contributed by atoms with E-state index in [1.165, 1.54) is 17.4 Å². The minimum Gasteiger partial charge on any atom is -0.449 e. The molecule has 0 saturated carbocycles. The Balaban J connectivity index is 1.90. The predicted octanol–water partition coefficient (Wildman–Crippen LogP) is 3.27. The Bertz CT molecular complexity index is 689. The normalized spacial score (nSPS) is 21.8. The fourth-order valence-electron chi connectivity index (χ4n) is 2.83. The minimum absolute atomic E-state index is 0.144. The molecule has 2 aromatic rings. The third-order valence-corrected chi connectivity index (χ3v) is 3.91. The van der Waals surface area contributed by atoms with Gasteiger partial charge in [0.25, 0.3) is 0 Å². The number of alkyl halides is 3. The Morgan fingerprint density at radius 2 is 2.12 bits per heavy atom. The number of nitrogens with two attached hydrogens (primary N) is 1. The van der Waals surface area contributed by atoms with Crippen molar-refractivity contribution in [2.45, 2.75) is 18.6 Å². The zero-order chi connectivity index (χ0) is 17.3. The first-order chi connectivity index (χ1) is 11.3. The van der Waals surface area contributed by atoms with Gasteiger partial charge in [-0.2, -0.15) is 17.6 Å². The molecule has 1 aliphatic heterocycles. The largest absolute Gasteiger partial charge is 0.449 e. The lowest BCUT2D eigenvalue weighted by atomic mass is 9.93. The fourth-order valence-corrected chi connectivity index (χ4v) is 2.83. The van der Waals surface area contributed by atoms with Gasteiger partial charge >= 0.3 is 6.18 Å². The van der Waals surface area contributed by atoms with E-state index in [1.54, 1.807) is 12.1 Å². The molecule has 1 aliphatic rings. The van der Waals surface area contributed by atoms with Crippen LogP contribution in [0.1, 0.15) is 6.42 Å². The number of halogens is 4. The fraction of sp³-hybridized carbons (Fsp3) is 0.400. The summed E-state index contributed by atoms with van der Waals surface area (Å²) in [5, 5.41) is 2.89. The molecule has 3 N–H and O–H groups in total. The Labute approximate surface area is 135 Å². The second-order valence-corrected chi connectivity index (χ2v) is 5.77. The van der Waals surface area contributed by atoms with Crippen molar-refractivity contribution in [1.29, 1.82) is 0 Å². The molecule has 1 saturated heterocycles. The van der Waals surface area contributed by atoms with Crippen molar-refractivity contribution in [3.63, 3.8) is 0 Å². The topological polar surface area (TPSA) is 67.3 Å². The average molecular weight is 344 g/mol. The standard InChI is InChI=1S/C15H16F4N4O/c16-13-5-12(11(6-21-13)22-14-2-1-3-24-14)23-7-9(15(17,18)19)4-10(20)8-23/h1-3,5-6,9-10,22H,4,7-8,20H2. The van der Waals surface area contributed by atoms with Crippen molar-refractivity contribution in [3.8, 4) is 0 Å². The number of pyridine rings is 1. The van der Waals surface area contributed by atoms with Crippen LogP contribution in [-0.2, 0) is 0 Å². The Hall–Kier alpha value is -2.29. The highest BCUT2D eigenvalue weighted by Crippen LogP contribution is 2.37. The average Bonchev–Trinajstić information content (AvgIpc) is 3.00. The second-order valence-electron chi connectivity index (χ2n) is 5.77. The third-order valence-electron chi connectivity index (χ3n) is 3.91. The molecule has 0 radical (unpaired) electrons. The van der Waals surface area contributed by atoms with Crippen LogP contribution in [0.2, 0.25) is 0 Å². The lowest BCUT2D eigenvalue weighted by Gasteiger charge is -2.39. The van der Waals surface area contributed by atoms with Crippen LogP contribution in [0.3, 0.4) is 0 Å². The van der Waals surface area contributed by atoms with E-state index >= 15 is 0 Å². The molecule has 0 aromatic carbocycles. The van der Waals surface area contributed by atoms with Gasteiger partial charge in [-0.1, -0.05) is 0 Å². The van der Waals surface area contributed by atoms with Crippen molar-refractivity contribution >= 4 is 17.3 Å². The summed E-state index contributed by atoms with van der Waals surface area (Å²) in [7, 11) is 0. The quantitative estimate of drug-likeness (QED) is 0.661. The molecular formula is C15H16F4N4O. The summed E-state index contributed by atoms with van der Waals surface area (Å²) >= 11 is 0. The first-order valence-corrected chi connectivity index (χ1v) is 7.36. The highest BCUT2D eigenvalue weighted by atomic mass is 19.4. The molecular weight excluding hydrogens is 328 g/mol. The molecule has 3 heterocycles. The van der Waals surface area contributed by atoms with E-state index < -0.39 is 24.1 Å². The number of hydrogen-bond donors (Lipinski definition) is 2. The maximum atomic E-state index is 13.6. The molecule has 5 nitrogen and oxygen atoms in total. The first kappa shape index (κ1) is 16.6. The van der Waals surface area contributed by atoms with Gasteiger partial charge in [-0.05, 0) is 12.5 Å². The van der Waals surface area contributed by atoms with Crippen molar-refractivity contribution in [3.05, 3.63) is 36.6 Å². The number of anilines is 3. The van der Waals surface area contributed by atoms with Crippen LogP contribution in [0, 0.1) is 11.9 Å². The van der Waals surface area contributed by atoms with Crippen LogP contribution in [0.4, 0.5) is 34.8 Å². The van der Waals surface area contributed by atoms with E-state index in [0.29, 0.717) is 11.6 Å². The molecule has 0 bridgehead atoms. The van der Waals surface area contributed by atoms with E-state index in [-0.39, 0.29) is 25.2 Å². The summed E-state index contributed by atoms with van der Waals surface area (Å²) in [5.41, 5.74) is 6.40. The van der Waals surface area contributed by atoms with Gasteiger partial charge in [-0.15, -0.1) is 0 Å². The molecule has 0 amide bonds. The third kappa shape index (κ3) is 3.61. The molecule has 9 heteroatoms. The van der Waals surface area contributed by atoms with Gasteiger partial charge in [0.2, 0.25) is 5.95 Å². The van der Waals surface area contributed by atoms with Gasteiger partial charge in [-0.25, -0.2) is 4.98 Å². The summed E-state index contributed by atoms with van der Waals surface area (Å²) in [6.07, 6.45) is -1.84. The van der Waals surface area contributed by atoms with E-state index in [9.17, 15) is 17.6 Å². The van der Waals surface area contributed by atoms with Crippen LogP contribution in [-0.4, -0.2) is 30.3 Å². The summed E-state index contributed by atoms with van der Waals surface area (Å²) in [6, 6.07) is 3.72. The van der Waals surface area contributed by atoms with E-state index in [2.05, 4.69) is 10.3 Å². The molecule has 2 unspecified atom stereocenters. The number of aromatic nitrogens is 1. The minimum atomic E-state index is -4.35. The van der Waals surface area contributed by atoms with Crippen molar-refractivity contribution in [2.75, 3.05) is 23.3 Å². The molecule has 24 heavy (non-hydrogen) atoms. The van der Waals surface area contributed by atoms with Crippen LogP contribution >= 0.6 is 0 Å². The van der Waals surface area contributed by atoms with Gasteiger partial charge in [-0.3, -0.25) is 0 Å². The monoisotopic (exact) mass is 344 g/mol. The molecule has 0 aliphatic carbocycles. The lowest BCUT2D eigenvalue weighted by molar-refractivity contribution is -0.177. The summed E-state index contributed by atoms with van der Waals surface area (Å²) in [5.74, 6) is -1.97. The van der Waals surface area contributed by atoms with Crippen LogP contribution in [0.15, 0.2) is 35.1 Å². The smallest absolute Gasteiger partial charge is 0.393 e. The molecule has 0 spiro atoms. The van der Waals surface area contributed by atoms with Gasteiger partial charge in [0.1, 0.15) is 0 Å². The van der Waals surface area contributed by atoms with E-state index in [1.807, 2.05) is 0 Å². The zero-order valence-electron chi connectivity index (χ0n) is 12.6. The Kier molecular flexibility index (Phi) is 4.35. The number of piperidine rings is 1. The zero-order valence-corrected chi connectivity index (χ0v) is 12.6. The Morgan fingerprint density at radius 3 is 2.79 bits per heavy atom. The van der Waals surface area contributed by atoms with Gasteiger partial charge in [0.15, 0.2) is 5.88 Å². The predicted molar refractivity (Wildman–Crippen MR) is 80.5 cm³/mol. The van der Waals surface area contributed by atoms with Gasteiger partial charge in [0, 0.05) is 31.3 Å². The highest BCUT2D eigenvalue weighted by Gasteiger charge is 2.44. The molecule has 2 atom stereocenters.